The number of carbonyl (C=O) groups is 1. The summed E-state index contributed by atoms with van der Waals surface area (Å²) in [5.74, 6) is 0.561. The molecule has 1 rings (SSSR count). The third kappa shape index (κ3) is 5.00. The average molecular weight is 235 g/mol. The van der Waals surface area contributed by atoms with Gasteiger partial charge in [0.05, 0.1) is 0 Å². The Kier molecular flexibility index (Phi) is 5.70. The Balaban J connectivity index is 2.45. The molecule has 0 atom stereocenters. The summed E-state index contributed by atoms with van der Waals surface area (Å²) in [4.78, 5) is 12.0. The van der Waals surface area contributed by atoms with Crippen molar-refractivity contribution < 1.29 is 9.53 Å². The molecule has 0 aromatic heterocycles. The van der Waals surface area contributed by atoms with Gasteiger partial charge in [0.15, 0.2) is 0 Å². The largest absolute Gasteiger partial charge is 0.452 e. The van der Waals surface area contributed by atoms with Gasteiger partial charge in [-0.2, -0.15) is 0 Å². The van der Waals surface area contributed by atoms with Gasteiger partial charge in [-0.3, -0.25) is 9.69 Å². The van der Waals surface area contributed by atoms with Crippen LogP contribution in [-0.2, 0) is 16.0 Å². The molecule has 0 fully saturated rings. The first-order valence-corrected chi connectivity index (χ1v) is 5.96. The van der Waals surface area contributed by atoms with Gasteiger partial charge in [-0.1, -0.05) is 38.1 Å². The van der Waals surface area contributed by atoms with Crippen molar-refractivity contribution in [3.8, 4) is 0 Å². The van der Waals surface area contributed by atoms with Gasteiger partial charge in [0.2, 0.25) is 0 Å². The molecule has 0 amide bonds. The molecule has 0 saturated carbocycles. The summed E-state index contributed by atoms with van der Waals surface area (Å²) >= 11 is 0. The van der Waals surface area contributed by atoms with E-state index in [0.717, 1.165) is 13.0 Å². The molecule has 0 saturated heterocycles. The fourth-order valence-electron chi connectivity index (χ4n) is 1.65. The number of likely N-dealkylation sites (N-methyl/N-ethyl adjacent to an activating group) is 1. The van der Waals surface area contributed by atoms with Crippen molar-refractivity contribution in [3.63, 3.8) is 0 Å². The molecule has 0 unspecified atom stereocenters. The minimum Gasteiger partial charge on any atom is -0.452 e. The van der Waals surface area contributed by atoms with Crippen LogP contribution < -0.4 is 0 Å². The zero-order valence-electron chi connectivity index (χ0n) is 10.8. The van der Waals surface area contributed by atoms with Gasteiger partial charge in [-0.15, -0.1) is 0 Å². The predicted octanol–water partition coefficient (Wildman–Crippen LogP) is 2.41. The van der Waals surface area contributed by atoms with E-state index in [-0.39, 0.29) is 0 Å². The molecule has 0 bridgehead atoms. The third-order valence-corrected chi connectivity index (χ3v) is 2.76. The maximum atomic E-state index is 10.1. The van der Waals surface area contributed by atoms with Gasteiger partial charge in [-0.05, 0) is 30.5 Å². The molecular formula is C14H21NO2. The van der Waals surface area contributed by atoms with Crippen LogP contribution in [0, 0.1) is 0 Å². The van der Waals surface area contributed by atoms with Crippen LogP contribution in [0.3, 0.4) is 0 Å². The van der Waals surface area contributed by atoms with E-state index in [1.165, 1.54) is 11.1 Å². The number of carbonyl (C=O) groups excluding carboxylic acids is 1. The van der Waals surface area contributed by atoms with Crippen LogP contribution >= 0.6 is 0 Å². The number of benzene rings is 1. The van der Waals surface area contributed by atoms with Gasteiger partial charge in [0.25, 0.3) is 6.47 Å². The highest BCUT2D eigenvalue weighted by Crippen LogP contribution is 2.15. The molecular weight excluding hydrogens is 214 g/mol. The lowest BCUT2D eigenvalue weighted by Gasteiger charge is -2.15. The van der Waals surface area contributed by atoms with Crippen molar-refractivity contribution in [1.29, 1.82) is 0 Å². The average Bonchev–Trinajstić information content (AvgIpc) is 2.34. The van der Waals surface area contributed by atoms with Crippen LogP contribution in [0.1, 0.15) is 30.9 Å². The van der Waals surface area contributed by atoms with Crippen molar-refractivity contribution >= 4 is 6.47 Å². The second-order valence-corrected chi connectivity index (χ2v) is 4.62. The molecule has 0 aliphatic carbocycles. The van der Waals surface area contributed by atoms with Crippen molar-refractivity contribution in [2.45, 2.75) is 26.2 Å². The predicted molar refractivity (Wildman–Crippen MR) is 68.9 cm³/mol. The minimum absolute atomic E-state index is 0.355. The SMILES string of the molecule is CC(C)c1cccc(CCN(C)COC=O)c1. The lowest BCUT2D eigenvalue weighted by atomic mass is 10.00. The summed E-state index contributed by atoms with van der Waals surface area (Å²) in [6, 6.07) is 8.65. The van der Waals surface area contributed by atoms with Crippen LogP contribution in [0.4, 0.5) is 0 Å². The Hall–Kier alpha value is -1.35. The molecule has 3 nitrogen and oxygen atoms in total. The third-order valence-electron chi connectivity index (χ3n) is 2.76. The van der Waals surface area contributed by atoms with E-state index in [1.54, 1.807) is 0 Å². The van der Waals surface area contributed by atoms with E-state index in [4.69, 9.17) is 4.74 Å². The number of ether oxygens (including phenoxy) is 1. The van der Waals surface area contributed by atoms with E-state index in [9.17, 15) is 4.79 Å². The van der Waals surface area contributed by atoms with Crippen molar-refractivity contribution in [2.24, 2.45) is 0 Å². The molecule has 1 aromatic carbocycles. The molecule has 0 heterocycles. The molecule has 94 valence electrons. The molecule has 0 radical (unpaired) electrons. The van der Waals surface area contributed by atoms with Crippen molar-refractivity contribution in [2.75, 3.05) is 20.3 Å². The van der Waals surface area contributed by atoms with Gasteiger partial charge in [-0.25, -0.2) is 0 Å². The van der Waals surface area contributed by atoms with Crippen molar-refractivity contribution in [3.05, 3.63) is 35.4 Å². The number of nitrogens with zero attached hydrogens (tertiary/aromatic N) is 1. The molecule has 0 N–H and O–H groups in total. The molecule has 0 aliphatic heterocycles. The summed E-state index contributed by atoms with van der Waals surface area (Å²) in [5, 5.41) is 0. The highest BCUT2D eigenvalue weighted by molar-refractivity contribution is 5.36. The number of rotatable bonds is 7. The van der Waals surface area contributed by atoms with Gasteiger partial charge < -0.3 is 4.74 Å². The van der Waals surface area contributed by atoms with Crippen LogP contribution in [0.25, 0.3) is 0 Å². The first-order chi connectivity index (χ1) is 8.13. The van der Waals surface area contributed by atoms with Crippen LogP contribution in [-0.4, -0.2) is 31.7 Å². The van der Waals surface area contributed by atoms with E-state index in [0.29, 0.717) is 19.1 Å². The molecule has 17 heavy (non-hydrogen) atoms. The van der Waals surface area contributed by atoms with Gasteiger partial charge >= 0.3 is 0 Å². The van der Waals surface area contributed by atoms with E-state index in [1.807, 2.05) is 11.9 Å². The van der Waals surface area contributed by atoms with Crippen LogP contribution in [0.2, 0.25) is 0 Å². The standard InChI is InChI=1S/C14H21NO2/c1-12(2)14-6-4-5-13(9-14)7-8-15(3)10-17-11-16/h4-6,9,11-12H,7-8,10H2,1-3H3. The van der Waals surface area contributed by atoms with Crippen molar-refractivity contribution in [1.82, 2.24) is 4.90 Å². The molecule has 1 aromatic rings. The summed E-state index contributed by atoms with van der Waals surface area (Å²) in [6.45, 7) is 6.12. The Morgan fingerprint density at radius 1 is 1.41 bits per heavy atom. The maximum Gasteiger partial charge on any atom is 0.294 e. The summed E-state index contributed by atoms with van der Waals surface area (Å²) < 4.78 is 4.69. The highest BCUT2D eigenvalue weighted by Gasteiger charge is 2.02. The van der Waals surface area contributed by atoms with Gasteiger partial charge in [0, 0.05) is 6.54 Å². The first-order valence-electron chi connectivity index (χ1n) is 5.96. The second-order valence-electron chi connectivity index (χ2n) is 4.62. The fourth-order valence-corrected chi connectivity index (χ4v) is 1.65. The Morgan fingerprint density at radius 2 is 2.18 bits per heavy atom. The van der Waals surface area contributed by atoms with Gasteiger partial charge in [0.1, 0.15) is 6.73 Å². The Labute approximate surface area is 103 Å². The topological polar surface area (TPSA) is 29.5 Å². The molecule has 3 heteroatoms. The quantitative estimate of drug-likeness (QED) is 0.537. The zero-order chi connectivity index (χ0) is 12.7. The highest BCUT2D eigenvalue weighted by atomic mass is 16.5. The Morgan fingerprint density at radius 3 is 2.82 bits per heavy atom. The minimum atomic E-state index is 0.355. The van der Waals surface area contributed by atoms with Crippen LogP contribution in [0.5, 0.6) is 0 Å². The summed E-state index contributed by atoms with van der Waals surface area (Å²) in [5.41, 5.74) is 2.70. The first kappa shape index (κ1) is 13.7. The van der Waals surface area contributed by atoms with E-state index in [2.05, 4.69) is 38.1 Å². The molecule has 0 aliphatic rings. The van der Waals surface area contributed by atoms with E-state index >= 15 is 0 Å². The second kappa shape index (κ2) is 7.07. The number of hydrogen-bond acceptors (Lipinski definition) is 3. The normalized spacial score (nSPS) is 10.9. The summed E-state index contributed by atoms with van der Waals surface area (Å²) in [7, 11) is 1.94. The lowest BCUT2D eigenvalue weighted by Crippen LogP contribution is -2.24. The molecule has 0 spiro atoms. The Bertz CT molecular complexity index is 350. The number of hydrogen-bond donors (Lipinski definition) is 0. The fraction of sp³-hybridized carbons (Fsp3) is 0.500. The summed E-state index contributed by atoms with van der Waals surface area (Å²) in [6.07, 6.45) is 0.972. The zero-order valence-corrected chi connectivity index (χ0v) is 10.8. The van der Waals surface area contributed by atoms with Crippen LogP contribution in [0.15, 0.2) is 24.3 Å². The smallest absolute Gasteiger partial charge is 0.294 e. The van der Waals surface area contributed by atoms with E-state index < -0.39 is 0 Å². The lowest BCUT2D eigenvalue weighted by molar-refractivity contribution is -0.132. The monoisotopic (exact) mass is 235 g/mol. The maximum absolute atomic E-state index is 10.1.